The lowest BCUT2D eigenvalue weighted by atomic mass is 9.68. The lowest BCUT2D eigenvalue weighted by Gasteiger charge is -2.32. The maximum Gasteiger partial charge on any atom is 0.164 e. The molecule has 13 rings (SSSR count). The van der Waals surface area contributed by atoms with Crippen LogP contribution in [0.15, 0.2) is 212 Å². The van der Waals surface area contributed by atoms with Gasteiger partial charge in [0.25, 0.3) is 0 Å². The number of hydrogen-bond acceptors (Lipinski definition) is 4. The zero-order valence-corrected chi connectivity index (χ0v) is 34.3. The summed E-state index contributed by atoms with van der Waals surface area (Å²) in [4.78, 5) is 15.5. The van der Waals surface area contributed by atoms with Crippen molar-refractivity contribution in [3.8, 4) is 78.7 Å². The van der Waals surface area contributed by atoms with Gasteiger partial charge in [0.2, 0.25) is 0 Å². The first kappa shape index (κ1) is 35.0. The van der Waals surface area contributed by atoms with E-state index in [0.29, 0.717) is 17.5 Å². The first-order chi connectivity index (χ1) is 30.7. The number of aromatic nitrogens is 3. The lowest BCUT2D eigenvalue weighted by Crippen LogP contribution is -2.26. The molecule has 0 amide bonds. The quantitative estimate of drug-likeness (QED) is 0.174. The Bertz CT molecular complexity index is 3520. The Morgan fingerprint density at radius 2 is 0.758 bits per heavy atom. The van der Waals surface area contributed by atoms with Crippen LogP contribution < -0.4 is 0 Å². The Hall–Kier alpha value is -7.79. The largest absolute Gasteiger partial charge is 0.208 e. The monoisotopic (exact) mass is 805 g/mol. The molecule has 4 heteroatoms. The molecule has 2 heterocycles. The molecule has 1 spiro atoms. The van der Waals surface area contributed by atoms with Gasteiger partial charge in [0.05, 0.1) is 5.41 Å². The molecule has 0 N–H and O–H groups in total. The summed E-state index contributed by atoms with van der Waals surface area (Å²) < 4.78 is 2.62. The van der Waals surface area contributed by atoms with E-state index in [9.17, 15) is 0 Å². The second-order valence-electron chi connectivity index (χ2n) is 16.3. The van der Waals surface area contributed by atoms with Gasteiger partial charge in [-0.2, -0.15) is 0 Å². The molecule has 0 saturated heterocycles. The topological polar surface area (TPSA) is 38.7 Å². The molecule has 2 aliphatic rings. The summed E-state index contributed by atoms with van der Waals surface area (Å²) in [6.07, 6.45) is 0. The summed E-state index contributed by atoms with van der Waals surface area (Å²) in [7, 11) is 0. The van der Waals surface area contributed by atoms with Gasteiger partial charge in [-0.15, -0.1) is 11.3 Å². The van der Waals surface area contributed by atoms with Crippen molar-refractivity contribution in [2.45, 2.75) is 5.41 Å². The second-order valence-corrected chi connectivity index (χ2v) is 17.3. The third-order valence-corrected chi connectivity index (χ3v) is 14.1. The van der Waals surface area contributed by atoms with Gasteiger partial charge >= 0.3 is 0 Å². The van der Waals surface area contributed by atoms with E-state index in [4.69, 9.17) is 15.0 Å². The fourth-order valence-corrected chi connectivity index (χ4v) is 11.4. The molecule has 0 bridgehead atoms. The molecule has 0 radical (unpaired) electrons. The summed E-state index contributed by atoms with van der Waals surface area (Å²) in [5.41, 5.74) is 17.5. The summed E-state index contributed by atoms with van der Waals surface area (Å²) in [5, 5.41) is 2.60. The van der Waals surface area contributed by atoms with Crippen LogP contribution in [0.1, 0.15) is 22.3 Å². The van der Waals surface area contributed by atoms with Gasteiger partial charge in [-0.25, -0.2) is 15.0 Å². The number of nitrogens with zero attached hydrogens (tertiary/aromatic N) is 3. The predicted molar refractivity (Wildman–Crippen MR) is 256 cm³/mol. The van der Waals surface area contributed by atoms with E-state index in [1.165, 1.54) is 75.8 Å². The zero-order valence-electron chi connectivity index (χ0n) is 33.5. The van der Waals surface area contributed by atoms with Crippen LogP contribution in [0.5, 0.6) is 0 Å². The molecular weight excluding hydrogens is 771 g/mol. The summed E-state index contributed by atoms with van der Waals surface area (Å²) in [6.45, 7) is 0. The van der Waals surface area contributed by atoms with Crippen LogP contribution in [0.2, 0.25) is 0 Å². The van der Waals surface area contributed by atoms with Crippen LogP contribution in [0, 0.1) is 0 Å². The first-order valence-corrected chi connectivity index (χ1v) is 21.9. The zero-order chi connectivity index (χ0) is 40.8. The molecule has 2 aromatic heterocycles. The molecule has 11 aromatic rings. The molecular formula is C58H35N3S. The molecule has 0 unspecified atom stereocenters. The molecule has 62 heavy (non-hydrogen) atoms. The van der Waals surface area contributed by atoms with E-state index in [1.54, 1.807) is 0 Å². The van der Waals surface area contributed by atoms with Gasteiger partial charge < -0.3 is 0 Å². The first-order valence-electron chi connectivity index (χ1n) is 21.1. The highest BCUT2D eigenvalue weighted by atomic mass is 32.1. The fourth-order valence-electron chi connectivity index (χ4n) is 10.3. The van der Waals surface area contributed by atoms with Crippen molar-refractivity contribution >= 4 is 31.5 Å². The highest BCUT2D eigenvalue weighted by Crippen LogP contribution is 2.64. The maximum atomic E-state index is 5.22. The molecule has 0 fully saturated rings. The average molecular weight is 806 g/mol. The van der Waals surface area contributed by atoms with Gasteiger partial charge in [-0.3, -0.25) is 0 Å². The predicted octanol–water partition coefficient (Wildman–Crippen LogP) is 14.9. The minimum absolute atomic E-state index is 0.456. The molecule has 9 aromatic carbocycles. The summed E-state index contributed by atoms with van der Waals surface area (Å²) >= 11 is 1.84. The summed E-state index contributed by atoms with van der Waals surface area (Å²) in [6, 6.07) is 76.8. The van der Waals surface area contributed by atoms with Gasteiger partial charge in [-0.1, -0.05) is 188 Å². The third-order valence-electron chi connectivity index (χ3n) is 13.0. The number of fused-ring (bicyclic) bond motifs is 13. The molecule has 2 aliphatic carbocycles. The lowest BCUT2D eigenvalue weighted by molar-refractivity contribution is 0.796. The molecule has 0 aliphatic heterocycles. The van der Waals surface area contributed by atoms with Crippen molar-refractivity contribution in [3.63, 3.8) is 0 Å². The van der Waals surface area contributed by atoms with Gasteiger partial charge in [0.15, 0.2) is 17.5 Å². The van der Waals surface area contributed by atoms with Crippen LogP contribution in [-0.4, -0.2) is 15.0 Å². The third kappa shape index (κ3) is 5.14. The van der Waals surface area contributed by atoms with E-state index < -0.39 is 5.41 Å². The van der Waals surface area contributed by atoms with E-state index in [2.05, 4.69) is 194 Å². The Morgan fingerprint density at radius 3 is 1.47 bits per heavy atom. The smallest absolute Gasteiger partial charge is 0.164 e. The van der Waals surface area contributed by atoms with Gasteiger partial charge in [0, 0.05) is 36.9 Å². The van der Waals surface area contributed by atoms with Crippen molar-refractivity contribution in [3.05, 3.63) is 235 Å². The highest BCUT2D eigenvalue weighted by Gasteiger charge is 2.52. The maximum absolute atomic E-state index is 5.22. The fraction of sp³-hybridized carbons (Fsp3) is 0.0172. The van der Waals surface area contributed by atoms with Crippen LogP contribution in [0.4, 0.5) is 0 Å². The molecule has 0 atom stereocenters. The standard InChI is InChI=1S/C58H35N3S/c1-2-14-37(15-3-1)55-59-56(38-30-28-36(29-31-38)39-32-33-53-48(35-39)46-21-7-11-27-52(46)62-53)61-57(60-55)41-17-12-16-40(34-41)42-22-13-23-47-45-20-6-10-26-51(45)58(54(42)47)49-24-8-4-18-43(49)44-19-5-9-25-50(44)58/h1-35H. The average Bonchev–Trinajstić information content (AvgIpc) is 3.98. The van der Waals surface area contributed by atoms with Crippen molar-refractivity contribution in [1.29, 1.82) is 0 Å². The second kappa shape index (κ2) is 13.6. The highest BCUT2D eigenvalue weighted by molar-refractivity contribution is 7.25. The van der Waals surface area contributed by atoms with Gasteiger partial charge in [0.1, 0.15) is 0 Å². The van der Waals surface area contributed by atoms with Gasteiger partial charge in [-0.05, 0) is 91.0 Å². The number of rotatable bonds is 5. The van der Waals surface area contributed by atoms with Crippen LogP contribution in [0.3, 0.4) is 0 Å². The SMILES string of the molecule is c1ccc(-c2nc(-c3ccc(-c4ccc5sc6ccccc6c5c4)cc3)nc(-c3cccc(-c4cccc5c4C4(c6ccccc6-c6ccccc64)c4ccccc4-5)c3)n2)cc1. The minimum Gasteiger partial charge on any atom is -0.208 e. The van der Waals surface area contributed by atoms with Crippen molar-refractivity contribution in [1.82, 2.24) is 15.0 Å². The number of hydrogen-bond donors (Lipinski definition) is 0. The number of benzene rings is 9. The molecule has 288 valence electrons. The minimum atomic E-state index is -0.456. The van der Waals surface area contributed by atoms with E-state index in [-0.39, 0.29) is 0 Å². The summed E-state index contributed by atoms with van der Waals surface area (Å²) in [5.74, 6) is 1.92. The molecule has 3 nitrogen and oxygen atoms in total. The van der Waals surface area contributed by atoms with Crippen molar-refractivity contribution in [2.24, 2.45) is 0 Å². The molecule has 0 saturated carbocycles. The normalized spacial score (nSPS) is 13.0. The van der Waals surface area contributed by atoms with E-state index in [1.807, 2.05) is 29.5 Å². The van der Waals surface area contributed by atoms with Crippen molar-refractivity contribution < 1.29 is 0 Å². The van der Waals surface area contributed by atoms with E-state index >= 15 is 0 Å². The Kier molecular flexibility index (Phi) is 7.69. The van der Waals surface area contributed by atoms with E-state index in [0.717, 1.165) is 27.8 Å². The Labute approximate surface area is 363 Å². The van der Waals surface area contributed by atoms with Crippen molar-refractivity contribution in [2.75, 3.05) is 0 Å². The number of thiophene rings is 1. The Balaban J connectivity index is 0.948. The van der Waals surface area contributed by atoms with Crippen LogP contribution in [-0.2, 0) is 5.41 Å². The van der Waals surface area contributed by atoms with Crippen LogP contribution in [0.25, 0.3) is 98.8 Å². The van der Waals surface area contributed by atoms with Crippen LogP contribution >= 0.6 is 11.3 Å². The Morgan fingerprint density at radius 1 is 0.290 bits per heavy atom.